The van der Waals surface area contributed by atoms with Crippen molar-refractivity contribution in [1.82, 2.24) is 14.9 Å². The first-order valence-electron chi connectivity index (χ1n) is 10.4. The Morgan fingerprint density at radius 1 is 1.03 bits per heavy atom. The van der Waals surface area contributed by atoms with Gasteiger partial charge in [0.05, 0.1) is 5.60 Å². The van der Waals surface area contributed by atoms with Crippen molar-refractivity contribution in [2.75, 3.05) is 44.3 Å². The molecule has 2 saturated heterocycles. The summed E-state index contributed by atoms with van der Waals surface area (Å²) in [5.74, 6) is 2.48. The summed E-state index contributed by atoms with van der Waals surface area (Å²) in [6.07, 6.45) is 4.73. The van der Waals surface area contributed by atoms with Crippen LogP contribution in [-0.2, 0) is 10.3 Å². The number of rotatable bonds is 4. The van der Waals surface area contributed by atoms with Crippen LogP contribution in [0.25, 0.3) is 0 Å². The minimum atomic E-state index is -0.864. The summed E-state index contributed by atoms with van der Waals surface area (Å²) in [7, 11) is 0. The Balaban J connectivity index is 1.20. The van der Waals surface area contributed by atoms with Crippen LogP contribution in [0.5, 0.6) is 11.5 Å². The van der Waals surface area contributed by atoms with Crippen LogP contribution in [0.3, 0.4) is 0 Å². The second-order valence-corrected chi connectivity index (χ2v) is 9.28. The van der Waals surface area contributed by atoms with Crippen LogP contribution >= 0.6 is 0 Å². The summed E-state index contributed by atoms with van der Waals surface area (Å²) in [5, 5.41) is 10.8. The molecule has 2 aromatic rings. The molecule has 4 heterocycles. The molecule has 30 heavy (non-hydrogen) atoms. The van der Waals surface area contributed by atoms with Crippen molar-refractivity contribution in [2.45, 2.75) is 31.4 Å². The molecule has 0 bridgehead atoms. The number of halogens is 1. The molecule has 1 aromatic heterocycles. The topological polar surface area (TPSA) is 80.2 Å². The van der Waals surface area contributed by atoms with Crippen molar-refractivity contribution < 1.29 is 38.0 Å². The van der Waals surface area contributed by atoms with Crippen LogP contribution < -0.4 is 33.1 Å². The van der Waals surface area contributed by atoms with Crippen molar-refractivity contribution in [1.29, 1.82) is 0 Å². The van der Waals surface area contributed by atoms with E-state index < -0.39 is 27.6 Å². The van der Waals surface area contributed by atoms with Gasteiger partial charge in [-0.15, -0.1) is 0 Å². The fourth-order valence-corrected chi connectivity index (χ4v) is 5.42. The van der Waals surface area contributed by atoms with Crippen LogP contribution in [0.1, 0.15) is 36.9 Å². The minimum absolute atomic E-state index is 0.311. The molecule has 5 rings (SSSR count). The van der Waals surface area contributed by atoms with Crippen molar-refractivity contribution >= 4 is 5.95 Å². The number of benzene rings is 1. The molecule has 3 aliphatic heterocycles. The van der Waals surface area contributed by atoms with Crippen LogP contribution in [0, 0.1) is 0 Å². The number of piperazine rings is 1. The molecule has 162 valence electrons. The monoisotopic (exact) mass is 525 g/mol. The number of hydrogen-bond acceptors (Lipinski definition) is 8. The van der Waals surface area contributed by atoms with Gasteiger partial charge in [-0.2, -0.15) is 0 Å². The van der Waals surface area contributed by atoms with E-state index in [2.05, 4.69) is 38.8 Å². The fraction of sp³-hybridized carbons (Fsp3) is 0.524. The van der Waals surface area contributed by atoms with Gasteiger partial charge in [0.25, 0.3) is 0 Å². The zero-order chi connectivity index (χ0) is 20.6. The number of fused-ring (bicyclic) bond motifs is 1. The molecule has 0 spiro atoms. The number of anilines is 1. The van der Waals surface area contributed by atoms with Crippen molar-refractivity contribution in [3.05, 3.63) is 41.7 Å². The molecule has 9 heteroatoms. The predicted octanol–water partition coefficient (Wildman–Crippen LogP) is -0.952. The maximum absolute atomic E-state index is 10.8. The van der Waals surface area contributed by atoms with Gasteiger partial charge in [-0.05, 0) is 0 Å². The molecular weight excluding hydrogens is 499 g/mol. The van der Waals surface area contributed by atoms with E-state index in [1.54, 1.807) is 12.4 Å². The van der Waals surface area contributed by atoms with Gasteiger partial charge in [0.15, 0.2) is 0 Å². The summed E-state index contributed by atoms with van der Waals surface area (Å²) in [5.41, 5.74) is 1.17. The fourth-order valence-electron chi connectivity index (χ4n) is 4.23. The summed E-state index contributed by atoms with van der Waals surface area (Å²) >= 11 is -0.634. The Morgan fingerprint density at radius 3 is 2.47 bits per heavy atom. The van der Waals surface area contributed by atoms with Gasteiger partial charge in [0.2, 0.25) is 0 Å². The SMILES string of the molecule is CC(c1ccc2c(c1)O[I-]O2)N1CCN(c2ncc(C3(O)CCOCC3)cn2)CC1. The van der Waals surface area contributed by atoms with E-state index >= 15 is 0 Å². The van der Waals surface area contributed by atoms with E-state index in [0.29, 0.717) is 32.1 Å². The van der Waals surface area contributed by atoms with Gasteiger partial charge < -0.3 is 9.84 Å². The van der Waals surface area contributed by atoms with Gasteiger partial charge in [-0.1, -0.05) is 0 Å². The van der Waals surface area contributed by atoms with Gasteiger partial charge in [-0.25, -0.2) is 0 Å². The molecule has 2 fully saturated rings. The molecule has 0 saturated carbocycles. The molecule has 1 aromatic carbocycles. The second-order valence-electron chi connectivity index (χ2n) is 8.04. The second kappa shape index (κ2) is 8.45. The third-order valence-electron chi connectivity index (χ3n) is 6.32. The normalized spacial score (nSPS) is 22.4. The average molecular weight is 525 g/mol. The predicted molar refractivity (Wildman–Crippen MR) is 106 cm³/mol. The Morgan fingerprint density at radius 2 is 1.73 bits per heavy atom. The number of aliphatic hydroxyl groups is 1. The summed E-state index contributed by atoms with van der Waals surface area (Å²) in [4.78, 5) is 13.8. The Labute approximate surface area is 187 Å². The first-order valence-corrected chi connectivity index (χ1v) is 12.1. The molecule has 0 radical (unpaired) electrons. The first kappa shape index (κ1) is 20.2. The van der Waals surface area contributed by atoms with Crippen LogP contribution in [-0.4, -0.2) is 59.4 Å². The van der Waals surface area contributed by atoms with Gasteiger partial charge in [-0.3, -0.25) is 0 Å². The van der Waals surface area contributed by atoms with Crippen molar-refractivity contribution in [3.8, 4) is 11.5 Å². The molecule has 1 unspecified atom stereocenters. The Bertz CT molecular complexity index is 883. The number of aromatic nitrogens is 2. The number of hydrogen-bond donors (Lipinski definition) is 1. The van der Waals surface area contributed by atoms with Crippen molar-refractivity contribution in [3.63, 3.8) is 0 Å². The standard InChI is InChI=1S/C21H26IN4O4/c1-15(16-2-3-18-19(12-16)30-22-29-18)25-6-8-26(9-7-25)20-23-13-17(14-24-20)21(27)4-10-28-11-5-21/h2-3,12-15,27H,4-11H2,1H3/q-1. The number of nitrogens with zero attached hydrogens (tertiary/aromatic N) is 4. The maximum atomic E-state index is 10.8. The van der Waals surface area contributed by atoms with Gasteiger partial charge in [0.1, 0.15) is 0 Å². The van der Waals surface area contributed by atoms with Crippen LogP contribution in [0.2, 0.25) is 0 Å². The van der Waals surface area contributed by atoms with E-state index in [4.69, 9.17) is 10.9 Å². The molecule has 3 aliphatic rings. The van der Waals surface area contributed by atoms with Gasteiger partial charge >= 0.3 is 141 Å². The Hall–Kier alpha value is -1.69. The molecule has 1 atom stereocenters. The molecule has 1 N–H and O–H groups in total. The van der Waals surface area contributed by atoms with E-state index in [0.717, 1.165) is 49.2 Å². The number of ether oxygens (including phenoxy) is 1. The van der Waals surface area contributed by atoms with E-state index in [1.807, 2.05) is 6.07 Å². The Kier molecular flexibility index (Phi) is 5.69. The zero-order valence-electron chi connectivity index (χ0n) is 17.0. The first-order chi connectivity index (χ1) is 14.6. The quantitative estimate of drug-likeness (QED) is 0.513. The van der Waals surface area contributed by atoms with Crippen LogP contribution in [0.4, 0.5) is 5.95 Å². The van der Waals surface area contributed by atoms with Crippen molar-refractivity contribution in [2.24, 2.45) is 0 Å². The molecule has 0 amide bonds. The summed E-state index contributed by atoms with van der Waals surface area (Å²) in [6.45, 7) is 7.01. The van der Waals surface area contributed by atoms with E-state index in [9.17, 15) is 5.11 Å². The van der Waals surface area contributed by atoms with E-state index in [-0.39, 0.29) is 0 Å². The van der Waals surface area contributed by atoms with E-state index in [1.165, 1.54) is 5.56 Å². The van der Waals surface area contributed by atoms with Gasteiger partial charge in [0, 0.05) is 31.6 Å². The van der Waals surface area contributed by atoms with Crippen LogP contribution in [0.15, 0.2) is 30.6 Å². The third kappa shape index (κ3) is 3.95. The molecule has 0 aliphatic carbocycles. The average Bonchev–Trinajstić information content (AvgIpc) is 3.27. The summed E-state index contributed by atoms with van der Waals surface area (Å²) < 4.78 is 16.5. The zero-order valence-corrected chi connectivity index (χ0v) is 19.1. The third-order valence-corrected chi connectivity index (χ3v) is 7.63. The molecule has 8 nitrogen and oxygen atoms in total. The molecular formula is C21H26IN4O4-. The summed E-state index contributed by atoms with van der Waals surface area (Å²) in [6, 6.07) is 6.58.